The Morgan fingerprint density at radius 2 is 1.85 bits per heavy atom. The molecular formula is C21H21BrN3OS+. The lowest BCUT2D eigenvalue weighted by Crippen LogP contribution is -2.65. The summed E-state index contributed by atoms with van der Waals surface area (Å²) in [6, 6.07) is 14.0. The van der Waals surface area contributed by atoms with Gasteiger partial charge in [-0.25, -0.2) is 0 Å². The molecule has 2 heterocycles. The van der Waals surface area contributed by atoms with Crippen LogP contribution in [0.5, 0.6) is 0 Å². The molecule has 1 fully saturated rings. The van der Waals surface area contributed by atoms with Crippen LogP contribution in [0.2, 0.25) is 0 Å². The molecule has 0 radical (unpaired) electrons. The van der Waals surface area contributed by atoms with Crippen molar-refractivity contribution in [3.8, 4) is 6.07 Å². The quantitative estimate of drug-likeness (QED) is 0.501. The summed E-state index contributed by atoms with van der Waals surface area (Å²) in [5, 5.41) is 25.3. The second-order valence-corrected chi connectivity index (χ2v) is 8.76. The number of benzene rings is 1. The fourth-order valence-corrected chi connectivity index (χ4v) is 4.63. The molecule has 0 bridgehead atoms. The molecule has 1 aromatic carbocycles. The number of aliphatic hydroxyl groups is 1. The summed E-state index contributed by atoms with van der Waals surface area (Å²) < 4.78 is 3.01. The Bertz CT molecular complexity index is 931. The van der Waals surface area contributed by atoms with E-state index >= 15 is 0 Å². The molecule has 1 saturated carbocycles. The van der Waals surface area contributed by atoms with Crippen LogP contribution in [0.1, 0.15) is 35.9 Å². The van der Waals surface area contributed by atoms with E-state index in [2.05, 4.69) is 39.9 Å². The molecule has 4 nitrogen and oxygen atoms in total. The van der Waals surface area contributed by atoms with Gasteiger partial charge in [0, 0.05) is 22.5 Å². The van der Waals surface area contributed by atoms with Gasteiger partial charge in [0.15, 0.2) is 12.4 Å². The molecule has 6 heteroatoms. The summed E-state index contributed by atoms with van der Waals surface area (Å²) in [6.45, 7) is 2.04. The zero-order valence-electron chi connectivity index (χ0n) is 14.9. The Hall–Kier alpha value is -1.81. The molecular weight excluding hydrogens is 422 g/mol. The van der Waals surface area contributed by atoms with E-state index in [0.717, 1.165) is 28.4 Å². The van der Waals surface area contributed by atoms with Crippen molar-refractivity contribution in [2.75, 3.05) is 0 Å². The molecule has 4 rings (SSSR count). The summed E-state index contributed by atoms with van der Waals surface area (Å²) in [5.41, 5.74) is 1.52. The fourth-order valence-electron chi connectivity index (χ4n) is 4.00. The van der Waals surface area contributed by atoms with Gasteiger partial charge in [0.05, 0.1) is 22.6 Å². The minimum absolute atomic E-state index is 0.136. The maximum atomic E-state index is 11.7. The largest absolute Gasteiger partial charge is 0.365 e. The number of rotatable bonds is 3. The Kier molecular flexibility index (Phi) is 4.79. The molecule has 2 aromatic rings. The number of nitriles is 1. The molecule has 27 heavy (non-hydrogen) atoms. The molecule has 0 unspecified atom stereocenters. The van der Waals surface area contributed by atoms with Crippen LogP contribution in [0.25, 0.3) is 0 Å². The van der Waals surface area contributed by atoms with Crippen molar-refractivity contribution in [3.05, 3.63) is 75.0 Å². The molecule has 1 aliphatic heterocycles. The molecule has 2 aliphatic rings. The van der Waals surface area contributed by atoms with Crippen molar-refractivity contribution in [3.63, 3.8) is 0 Å². The minimum Gasteiger partial charge on any atom is -0.365 e. The standard InChI is InChI=1S/C21H20BrN3OS/c1-13-8-10-25(11-9-13)19-18(14-2-6-16(22)7-3-14)17(12-23)20(27)24-21(19,26)15-4-5-15/h2-3,6-11,15,18-19,24,26H,4-5H2,1H3/p+1/t18-,19+,21+/m0/s1. The average molecular weight is 443 g/mol. The third-order valence-corrected chi connectivity index (χ3v) is 6.42. The Labute approximate surface area is 173 Å². The number of thiol groups is 1. The van der Waals surface area contributed by atoms with E-state index in [9.17, 15) is 10.4 Å². The third kappa shape index (κ3) is 3.29. The summed E-state index contributed by atoms with van der Waals surface area (Å²) >= 11 is 8.02. The van der Waals surface area contributed by atoms with E-state index in [1.54, 1.807) is 0 Å². The lowest BCUT2D eigenvalue weighted by atomic mass is 9.76. The minimum atomic E-state index is -1.16. The first-order valence-corrected chi connectivity index (χ1v) is 10.2. The van der Waals surface area contributed by atoms with Gasteiger partial charge in [-0.15, -0.1) is 12.6 Å². The van der Waals surface area contributed by atoms with Crippen LogP contribution in [-0.2, 0) is 0 Å². The van der Waals surface area contributed by atoms with E-state index in [1.807, 2.05) is 60.3 Å². The van der Waals surface area contributed by atoms with Crippen molar-refractivity contribution < 1.29 is 9.67 Å². The van der Waals surface area contributed by atoms with Gasteiger partial charge >= 0.3 is 0 Å². The van der Waals surface area contributed by atoms with Crippen LogP contribution in [0, 0.1) is 24.2 Å². The van der Waals surface area contributed by atoms with E-state index < -0.39 is 5.72 Å². The number of aryl methyl sites for hydroxylation is 1. The number of halogens is 1. The van der Waals surface area contributed by atoms with Crippen molar-refractivity contribution in [1.29, 1.82) is 5.26 Å². The lowest BCUT2D eigenvalue weighted by molar-refractivity contribution is -0.742. The molecule has 3 atom stereocenters. The topological polar surface area (TPSA) is 59.9 Å². The number of hydrogen-bond acceptors (Lipinski definition) is 4. The number of pyridine rings is 1. The third-order valence-electron chi connectivity index (χ3n) is 5.54. The second-order valence-electron chi connectivity index (χ2n) is 7.40. The van der Waals surface area contributed by atoms with Crippen LogP contribution in [0.4, 0.5) is 0 Å². The number of nitrogens with one attached hydrogen (secondary N) is 1. The van der Waals surface area contributed by atoms with E-state index in [4.69, 9.17) is 0 Å². The number of hydrogen-bond donors (Lipinski definition) is 3. The second kappa shape index (κ2) is 6.97. The Morgan fingerprint density at radius 1 is 1.22 bits per heavy atom. The average Bonchev–Trinajstić information content (AvgIpc) is 3.49. The van der Waals surface area contributed by atoms with Gasteiger partial charge in [-0.05, 0) is 43.0 Å². The number of nitrogens with zero attached hydrogens (tertiary/aromatic N) is 2. The Balaban J connectivity index is 1.93. The van der Waals surface area contributed by atoms with Crippen LogP contribution >= 0.6 is 28.6 Å². The smallest absolute Gasteiger partial charge is 0.217 e. The first-order chi connectivity index (χ1) is 12.9. The molecule has 1 aromatic heterocycles. The first kappa shape index (κ1) is 18.5. The predicted molar refractivity (Wildman–Crippen MR) is 110 cm³/mol. The summed E-state index contributed by atoms with van der Waals surface area (Å²) in [4.78, 5) is 0. The fraction of sp³-hybridized carbons (Fsp3) is 0.333. The molecule has 1 aliphatic carbocycles. The van der Waals surface area contributed by atoms with Crippen molar-refractivity contribution in [2.24, 2.45) is 5.92 Å². The normalized spacial score (nSPS) is 27.8. The zero-order chi connectivity index (χ0) is 19.2. The number of allylic oxidation sites excluding steroid dienone is 1. The van der Waals surface area contributed by atoms with E-state index in [0.29, 0.717) is 10.6 Å². The first-order valence-electron chi connectivity index (χ1n) is 9.00. The SMILES string of the molecule is Cc1cc[n+]([C@@H]2[C@@H](c3ccc(Br)cc3)C(C#N)=C(S)N[C@@]2(O)C2CC2)cc1. The van der Waals surface area contributed by atoms with Gasteiger partial charge in [-0.1, -0.05) is 28.1 Å². The highest BCUT2D eigenvalue weighted by atomic mass is 79.9. The summed E-state index contributed by atoms with van der Waals surface area (Å²) in [7, 11) is 0. The van der Waals surface area contributed by atoms with Crippen LogP contribution in [0.15, 0.2) is 63.9 Å². The molecule has 0 spiro atoms. The maximum Gasteiger partial charge on any atom is 0.217 e. The molecule has 138 valence electrons. The molecule has 0 saturated heterocycles. The van der Waals surface area contributed by atoms with Crippen molar-refractivity contribution >= 4 is 28.6 Å². The van der Waals surface area contributed by atoms with Gasteiger partial charge in [-0.2, -0.15) is 9.83 Å². The Morgan fingerprint density at radius 3 is 2.41 bits per heavy atom. The lowest BCUT2D eigenvalue weighted by Gasteiger charge is -2.42. The molecule has 2 N–H and O–H groups in total. The monoisotopic (exact) mass is 442 g/mol. The van der Waals surface area contributed by atoms with Crippen LogP contribution < -0.4 is 9.88 Å². The predicted octanol–water partition coefficient (Wildman–Crippen LogP) is 3.74. The highest BCUT2D eigenvalue weighted by Gasteiger charge is 2.60. The van der Waals surface area contributed by atoms with Crippen LogP contribution in [0.3, 0.4) is 0 Å². The highest BCUT2D eigenvalue weighted by molar-refractivity contribution is 9.10. The van der Waals surface area contributed by atoms with Gasteiger partial charge in [0.1, 0.15) is 0 Å². The van der Waals surface area contributed by atoms with Gasteiger partial charge < -0.3 is 10.4 Å². The number of aromatic nitrogens is 1. The van der Waals surface area contributed by atoms with Gasteiger partial charge in [0.25, 0.3) is 0 Å². The zero-order valence-corrected chi connectivity index (χ0v) is 17.4. The maximum absolute atomic E-state index is 11.7. The van der Waals surface area contributed by atoms with Crippen molar-refractivity contribution in [1.82, 2.24) is 5.32 Å². The summed E-state index contributed by atoms with van der Waals surface area (Å²) in [5.74, 6) is -0.160. The summed E-state index contributed by atoms with van der Waals surface area (Å²) in [6.07, 6.45) is 5.89. The molecule has 0 amide bonds. The van der Waals surface area contributed by atoms with E-state index in [-0.39, 0.29) is 17.9 Å². The van der Waals surface area contributed by atoms with Gasteiger partial charge in [-0.3, -0.25) is 0 Å². The van der Waals surface area contributed by atoms with Crippen LogP contribution in [-0.4, -0.2) is 10.8 Å². The van der Waals surface area contributed by atoms with Gasteiger partial charge in [0.2, 0.25) is 11.8 Å². The van der Waals surface area contributed by atoms with Crippen molar-refractivity contribution in [2.45, 2.75) is 37.5 Å². The highest BCUT2D eigenvalue weighted by Crippen LogP contribution is 2.52. The van der Waals surface area contributed by atoms with E-state index in [1.165, 1.54) is 0 Å².